The molecule has 1 N–H and O–H groups in total. The lowest BCUT2D eigenvalue weighted by Crippen LogP contribution is -2.07. The fraction of sp³-hybridized carbons (Fsp3) is 0.278. The first-order valence-electron chi connectivity index (χ1n) is 7.90. The van der Waals surface area contributed by atoms with Crippen LogP contribution in [-0.2, 0) is 6.42 Å². The van der Waals surface area contributed by atoms with E-state index < -0.39 is 0 Å². The zero-order valence-corrected chi connectivity index (χ0v) is 14.5. The van der Waals surface area contributed by atoms with Gasteiger partial charge in [0.2, 0.25) is 0 Å². The highest BCUT2D eigenvalue weighted by molar-refractivity contribution is 7.13. The molecule has 0 unspecified atom stereocenters. The summed E-state index contributed by atoms with van der Waals surface area (Å²) in [4.78, 5) is 1.22. The van der Waals surface area contributed by atoms with E-state index in [1.54, 1.807) is 11.3 Å². The predicted molar refractivity (Wildman–Crippen MR) is 98.1 cm³/mol. The summed E-state index contributed by atoms with van der Waals surface area (Å²) in [6.45, 7) is 3.01. The minimum absolute atomic E-state index is 0.776. The Labute approximate surface area is 144 Å². The van der Waals surface area contributed by atoms with Gasteiger partial charge < -0.3 is 5.32 Å². The lowest BCUT2D eigenvalue weighted by atomic mass is 10.1. The third kappa shape index (κ3) is 2.66. The predicted octanol–water partition coefficient (Wildman–Crippen LogP) is 5.31. The Morgan fingerprint density at radius 3 is 2.96 bits per heavy atom. The molecule has 1 aliphatic heterocycles. The van der Waals surface area contributed by atoms with Crippen LogP contribution in [0.2, 0.25) is 5.02 Å². The van der Waals surface area contributed by atoms with Crippen molar-refractivity contribution in [2.75, 3.05) is 11.9 Å². The highest BCUT2D eigenvalue weighted by atomic mass is 35.5. The Bertz CT molecular complexity index is 836. The van der Waals surface area contributed by atoms with Gasteiger partial charge in [-0.1, -0.05) is 23.7 Å². The van der Waals surface area contributed by atoms with Gasteiger partial charge in [0.15, 0.2) is 0 Å². The number of hydrogen-bond donors (Lipinski definition) is 1. The average molecular weight is 344 g/mol. The Kier molecular flexibility index (Phi) is 3.87. The molecular weight excluding hydrogens is 326 g/mol. The van der Waals surface area contributed by atoms with Gasteiger partial charge in [0, 0.05) is 17.1 Å². The largest absolute Gasteiger partial charge is 0.370 e. The Hall–Kier alpha value is -1.78. The van der Waals surface area contributed by atoms with Crippen LogP contribution in [0.3, 0.4) is 0 Å². The summed E-state index contributed by atoms with van der Waals surface area (Å²) in [5, 5.41) is 11.4. The van der Waals surface area contributed by atoms with Crippen molar-refractivity contribution >= 4 is 28.8 Å². The van der Waals surface area contributed by atoms with Gasteiger partial charge in [-0.15, -0.1) is 11.3 Å². The fourth-order valence-corrected chi connectivity index (χ4v) is 3.93. The van der Waals surface area contributed by atoms with Crippen LogP contribution in [0.1, 0.15) is 24.0 Å². The zero-order valence-electron chi connectivity index (χ0n) is 13.0. The fourth-order valence-electron chi connectivity index (χ4n) is 3.01. The van der Waals surface area contributed by atoms with E-state index in [-0.39, 0.29) is 0 Å². The first-order valence-corrected chi connectivity index (χ1v) is 9.16. The van der Waals surface area contributed by atoms with E-state index in [2.05, 4.69) is 28.9 Å². The summed E-state index contributed by atoms with van der Waals surface area (Å²) in [6, 6.07) is 10.4. The third-order valence-corrected chi connectivity index (χ3v) is 5.57. The van der Waals surface area contributed by atoms with Crippen LogP contribution < -0.4 is 5.32 Å². The Morgan fingerprint density at radius 2 is 2.17 bits per heavy atom. The lowest BCUT2D eigenvalue weighted by Gasteiger charge is -2.10. The summed E-state index contributed by atoms with van der Waals surface area (Å²) in [6.07, 6.45) is 3.45. The number of halogens is 1. The Balaban J connectivity index is 1.91. The summed E-state index contributed by atoms with van der Waals surface area (Å²) in [7, 11) is 0. The molecule has 0 atom stereocenters. The van der Waals surface area contributed by atoms with Crippen molar-refractivity contribution in [2.24, 2.45) is 0 Å². The molecule has 1 aliphatic rings. The molecule has 1 aromatic carbocycles. The molecule has 23 heavy (non-hydrogen) atoms. The van der Waals surface area contributed by atoms with E-state index in [0.29, 0.717) is 0 Å². The van der Waals surface area contributed by atoms with Crippen molar-refractivity contribution in [1.82, 2.24) is 9.78 Å². The molecule has 0 aliphatic carbocycles. The second kappa shape index (κ2) is 6.02. The van der Waals surface area contributed by atoms with Gasteiger partial charge in [-0.25, -0.2) is 4.68 Å². The number of benzene rings is 1. The standard InChI is InChI=1S/C18H18ClN3S/c1-12-7-8-13(11-15(12)19)22-18-14(5-2-3-9-20-18)17(21-22)16-6-4-10-23-16/h4,6-8,10-11,20H,2-3,5,9H2,1H3. The summed E-state index contributed by atoms with van der Waals surface area (Å²) in [5.41, 5.74) is 4.51. The van der Waals surface area contributed by atoms with Crippen molar-refractivity contribution in [3.8, 4) is 16.3 Å². The number of nitrogens with one attached hydrogen (secondary N) is 1. The van der Waals surface area contributed by atoms with Crippen LogP contribution in [0.15, 0.2) is 35.7 Å². The number of nitrogens with zero attached hydrogens (tertiary/aromatic N) is 2. The number of aryl methyl sites for hydroxylation is 1. The zero-order chi connectivity index (χ0) is 15.8. The van der Waals surface area contributed by atoms with Crippen molar-refractivity contribution in [2.45, 2.75) is 26.2 Å². The normalized spacial score (nSPS) is 14.2. The SMILES string of the molecule is Cc1ccc(-n2nc(-c3cccs3)c3c2NCCCC3)cc1Cl. The van der Waals surface area contributed by atoms with Crippen molar-refractivity contribution < 1.29 is 0 Å². The average Bonchev–Trinajstić information content (AvgIpc) is 3.12. The molecule has 0 saturated heterocycles. The van der Waals surface area contributed by atoms with E-state index in [1.165, 1.54) is 23.3 Å². The van der Waals surface area contributed by atoms with Gasteiger partial charge in [0.05, 0.1) is 10.6 Å². The number of thiophene rings is 1. The summed E-state index contributed by atoms with van der Waals surface area (Å²) >= 11 is 8.07. The topological polar surface area (TPSA) is 29.9 Å². The van der Waals surface area contributed by atoms with Crippen LogP contribution in [0.5, 0.6) is 0 Å². The quantitative estimate of drug-likeness (QED) is 0.683. The molecular formula is C18H18ClN3S. The lowest BCUT2D eigenvalue weighted by molar-refractivity contribution is 0.780. The van der Waals surface area contributed by atoms with Gasteiger partial charge in [-0.2, -0.15) is 5.10 Å². The van der Waals surface area contributed by atoms with Gasteiger partial charge in [0.25, 0.3) is 0 Å². The smallest absolute Gasteiger partial charge is 0.133 e. The van der Waals surface area contributed by atoms with Crippen LogP contribution >= 0.6 is 22.9 Å². The molecule has 2 aromatic heterocycles. The van der Waals surface area contributed by atoms with Gasteiger partial charge in [-0.3, -0.25) is 0 Å². The van der Waals surface area contributed by atoms with Gasteiger partial charge in [0.1, 0.15) is 11.5 Å². The van der Waals surface area contributed by atoms with E-state index in [9.17, 15) is 0 Å². The van der Waals surface area contributed by atoms with Crippen LogP contribution in [0.25, 0.3) is 16.3 Å². The molecule has 0 fully saturated rings. The van der Waals surface area contributed by atoms with Crippen molar-refractivity contribution in [1.29, 1.82) is 0 Å². The van der Waals surface area contributed by atoms with Gasteiger partial charge in [-0.05, 0) is 55.3 Å². The number of rotatable bonds is 2. The maximum atomic E-state index is 6.33. The molecule has 0 radical (unpaired) electrons. The summed E-state index contributed by atoms with van der Waals surface area (Å²) < 4.78 is 2.01. The minimum Gasteiger partial charge on any atom is -0.370 e. The van der Waals surface area contributed by atoms with E-state index in [1.807, 2.05) is 23.7 Å². The highest BCUT2D eigenvalue weighted by Crippen LogP contribution is 2.36. The number of hydrogen-bond acceptors (Lipinski definition) is 3. The molecule has 3 heterocycles. The van der Waals surface area contributed by atoms with Crippen LogP contribution in [0, 0.1) is 6.92 Å². The first-order chi connectivity index (χ1) is 11.2. The second-order valence-corrected chi connectivity index (χ2v) is 7.24. The van der Waals surface area contributed by atoms with E-state index >= 15 is 0 Å². The van der Waals surface area contributed by atoms with Crippen LogP contribution in [-0.4, -0.2) is 16.3 Å². The number of aromatic nitrogens is 2. The van der Waals surface area contributed by atoms with E-state index in [0.717, 1.165) is 40.8 Å². The molecule has 0 bridgehead atoms. The molecule has 4 rings (SSSR count). The van der Waals surface area contributed by atoms with Crippen molar-refractivity contribution in [3.63, 3.8) is 0 Å². The molecule has 0 amide bonds. The molecule has 5 heteroatoms. The molecule has 0 saturated carbocycles. The Morgan fingerprint density at radius 1 is 1.26 bits per heavy atom. The molecule has 3 nitrogen and oxygen atoms in total. The maximum absolute atomic E-state index is 6.33. The van der Waals surface area contributed by atoms with Crippen molar-refractivity contribution in [3.05, 3.63) is 51.9 Å². The molecule has 0 spiro atoms. The third-order valence-electron chi connectivity index (χ3n) is 4.28. The molecule has 3 aromatic rings. The van der Waals surface area contributed by atoms with Gasteiger partial charge >= 0.3 is 0 Å². The second-order valence-electron chi connectivity index (χ2n) is 5.88. The number of anilines is 1. The highest BCUT2D eigenvalue weighted by Gasteiger charge is 2.22. The van der Waals surface area contributed by atoms with Crippen LogP contribution in [0.4, 0.5) is 5.82 Å². The maximum Gasteiger partial charge on any atom is 0.133 e. The summed E-state index contributed by atoms with van der Waals surface area (Å²) in [5.74, 6) is 1.12. The first kappa shape index (κ1) is 14.8. The molecule has 118 valence electrons. The van der Waals surface area contributed by atoms with E-state index in [4.69, 9.17) is 16.7 Å². The monoisotopic (exact) mass is 343 g/mol. The minimum atomic E-state index is 0.776. The number of fused-ring (bicyclic) bond motifs is 1.